The lowest BCUT2D eigenvalue weighted by Gasteiger charge is -2.17. The first-order chi connectivity index (χ1) is 7.86. The molecule has 96 valence electrons. The molecule has 1 atom stereocenters. The van der Waals surface area contributed by atoms with Crippen molar-refractivity contribution in [3.8, 4) is 0 Å². The smallest absolute Gasteiger partial charge is 0.0210 e. The van der Waals surface area contributed by atoms with Gasteiger partial charge < -0.3 is 0 Å². The Kier molecular flexibility index (Phi) is 7.87. The van der Waals surface area contributed by atoms with Crippen LogP contribution in [0.25, 0.3) is 0 Å². The van der Waals surface area contributed by atoms with E-state index in [1.165, 1.54) is 70.6 Å². The third kappa shape index (κ3) is 5.86. The Balaban J connectivity index is 2.01. The Labute approximate surface area is 101 Å². The van der Waals surface area contributed by atoms with Crippen molar-refractivity contribution in [2.24, 2.45) is 11.8 Å². The number of rotatable bonds is 9. The van der Waals surface area contributed by atoms with E-state index in [0.717, 1.165) is 5.92 Å². The van der Waals surface area contributed by atoms with Crippen molar-refractivity contribution in [3.05, 3.63) is 0 Å². The van der Waals surface area contributed by atoms with E-state index in [-0.39, 0.29) is 0 Å². The molecule has 0 aromatic heterocycles. The lowest BCUT2D eigenvalue weighted by molar-refractivity contribution is 0.384. The molecule has 0 spiro atoms. The average Bonchev–Trinajstić information content (AvgIpc) is 2.81. The minimum atomic E-state index is 0.567. The highest BCUT2D eigenvalue weighted by molar-refractivity contribution is 4.71. The van der Waals surface area contributed by atoms with Crippen LogP contribution in [0.2, 0.25) is 0 Å². The lowest BCUT2D eigenvalue weighted by atomic mass is 9.96. The fourth-order valence-corrected chi connectivity index (χ4v) is 2.86. The molecule has 3 N–H and O–H groups in total. The zero-order valence-corrected chi connectivity index (χ0v) is 11.0. The summed E-state index contributed by atoms with van der Waals surface area (Å²) in [6.07, 6.45) is 15.2. The summed E-state index contributed by atoms with van der Waals surface area (Å²) < 4.78 is 0. The monoisotopic (exact) mass is 226 g/mol. The van der Waals surface area contributed by atoms with Crippen molar-refractivity contribution in [3.63, 3.8) is 0 Å². The van der Waals surface area contributed by atoms with E-state index in [4.69, 9.17) is 5.84 Å². The quantitative estimate of drug-likeness (QED) is 0.357. The van der Waals surface area contributed by atoms with Gasteiger partial charge in [0.15, 0.2) is 0 Å². The molecule has 2 heteroatoms. The predicted octanol–water partition coefficient (Wildman–Crippen LogP) is 3.76. The fourth-order valence-electron chi connectivity index (χ4n) is 2.86. The molecule has 1 fully saturated rings. The molecule has 0 saturated heterocycles. The van der Waals surface area contributed by atoms with E-state index in [1.807, 2.05) is 0 Å². The molecule has 1 rings (SSSR count). The van der Waals surface area contributed by atoms with Crippen molar-refractivity contribution < 1.29 is 0 Å². The Morgan fingerprint density at radius 3 is 2.50 bits per heavy atom. The summed E-state index contributed by atoms with van der Waals surface area (Å²) >= 11 is 0. The van der Waals surface area contributed by atoms with Gasteiger partial charge in [0.2, 0.25) is 0 Å². The first kappa shape index (κ1) is 14.0. The largest absolute Gasteiger partial charge is 0.271 e. The molecule has 0 amide bonds. The summed E-state index contributed by atoms with van der Waals surface area (Å²) in [4.78, 5) is 0. The maximum Gasteiger partial charge on any atom is 0.0210 e. The Morgan fingerprint density at radius 1 is 1.12 bits per heavy atom. The minimum Gasteiger partial charge on any atom is -0.271 e. The van der Waals surface area contributed by atoms with Crippen LogP contribution in [-0.4, -0.2) is 6.04 Å². The van der Waals surface area contributed by atoms with Crippen molar-refractivity contribution in [1.29, 1.82) is 0 Å². The van der Waals surface area contributed by atoms with Crippen molar-refractivity contribution >= 4 is 0 Å². The molecular formula is C14H30N2. The normalized spacial score (nSPS) is 19.1. The second-order valence-corrected chi connectivity index (χ2v) is 5.44. The van der Waals surface area contributed by atoms with Gasteiger partial charge in [0, 0.05) is 6.04 Å². The summed E-state index contributed by atoms with van der Waals surface area (Å²) in [6, 6.07) is 0.567. The molecule has 0 bridgehead atoms. The van der Waals surface area contributed by atoms with Crippen LogP contribution in [0, 0.1) is 5.92 Å². The number of unbranched alkanes of at least 4 members (excludes halogenated alkanes) is 3. The number of nitrogens with two attached hydrogens (primary N) is 1. The van der Waals surface area contributed by atoms with Crippen LogP contribution >= 0.6 is 0 Å². The molecule has 16 heavy (non-hydrogen) atoms. The molecule has 1 aliphatic rings. The van der Waals surface area contributed by atoms with E-state index < -0.39 is 0 Å². The summed E-state index contributed by atoms with van der Waals surface area (Å²) in [5.41, 5.74) is 3.00. The van der Waals surface area contributed by atoms with Gasteiger partial charge >= 0.3 is 0 Å². The van der Waals surface area contributed by atoms with E-state index >= 15 is 0 Å². The van der Waals surface area contributed by atoms with Gasteiger partial charge in [-0.25, -0.2) is 0 Å². The zero-order chi connectivity index (χ0) is 11.6. The van der Waals surface area contributed by atoms with Crippen LogP contribution < -0.4 is 11.3 Å². The SMILES string of the molecule is CCCCCCC(CCC1CCCC1)NN. The predicted molar refractivity (Wildman–Crippen MR) is 71.1 cm³/mol. The van der Waals surface area contributed by atoms with E-state index in [0.29, 0.717) is 6.04 Å². The maximum atomic E-state index is 5.62. The second-order valence-electron chi connectivity index (χ2n) is 5.44. The van der Waals surface area contributed by atoms with Gasteiger partial charge in [-0.05, 0) is 25.2 Å². The highest BCUT2D eigenvalue weighted by atomic mass is 15.2. The Hall–Kier alpha value is -0.0800. The van der Waals surface area contributed by atoms with Gasteiger partial charge in [-0.2, -0.15) is 0 Å². The molecule has 0 aliphatic heterocycles. The van der Waals surface area contributed by atoms with Crippen LogP contribution in [0.15, 0.2) is 0 Å². The topological polar surface area (TPSA) is 38.0 Å². The van der Waals surface area contributed by atoms with E-state index in [2.05, 4.69) is 12.3 Å². The number of hydrogen-bond acceptors (Lipinski definition) is 2. The van der Waals surface area contributed by atoms with Crippen molar-refractivity contribution in [2.45, 2.75) is 83.6 Å². The van der Waals surface area contributed by atoms with Gasteiger partial charge in [0.05, 0.1) is 0 Å². The van der Waals surface area contributed by atoms with Gasteiger partial charge in [-0.1, -0.05) is 58.3 Å². The molecule has 1 aliphatic carbocycles. The molecule has 1 unspecified atom stereocenters. The van der Waals surface area contributed by atoms with Gasteiger partial charge in [0.25, 0.3) is 0 Å². The number of hydrazine groups is 1. The highest BCUT2D eigenvalue weighted by Crippen LogP contribution is 2.29. The first-order valence-electron chi connectivity index (χ1n) is 7.33. The summed E-state index contributed by atoms with van der Waals surface area (Å²) in [6.45, 7) is 2.26. The second kappa shape index (κ2) is 9.00. The Bertz CT molecular complexity index is 153. The fraction of sp³-hybridized carbons (Fsp3) is 1.00. The van der Waals surface area contributed by atoms with Gasteiger partial charge in [-0.3, -0.25) is 11.3 Å². The zero-order valence-electron chi connectivity index (χ0n) is 11.0. The highest BCUT2D eigenvalue weighted by Gasteiger charge is 2.16. The number of hydrogen-bond donors (Lipinski definition) is 2. The molecule has 1 saturated carbocycles. The van der Waals surface area contributed by atoms with Crippen LogP contribution in [0.1, 0.15) is 77.6 Å². The summed E-state index contributed by atoms with van der Waals surface area (Å²) in [7, 11) is 0. The van der Waals surface area contributed by atoms with E-state index in [1.54, 1.807) is 0 Å². The van der Waals surface area contributed by atoms with Crippen LogP contribution in [0.5, 0.6) is 0 Å². The van der Waals surface area contributed by atoms with Gasteiger partial charge in [-0.15, -0.1) is 0 Å². The van der Waals surface area contributed by atoms with Gasteiger partial charge in [0.1, 0.15) is 0 Å². The third-order valence-electron chi connectivity index (χ3n) is 4.04. The third-order valence-corrected chi connectivity index (χ3v) is 4.04. The molecule has 0 aromatic carbocycles. The van der Waals surface area contributed by atoms with Crippen molar-refractivity contribution in [1.82, 2.24) is 5.43 Å². The van der Waals surface area contributed by atoms with E-state index in [9.17, 15) is 0 Å². The minimum absolute atomic E-state index is 0.567. The summed E-state index contributed by atoms with van der Waals surface area (Å²) in [5.74, 6) is 6.63. The lowest BCUT2D eigenvalue weighted by Crippen LogP contribution is -2.35. The molecule has 0 heterocycles. The average molecular weight is 226 g/mol. The van der Waals surface area contributed by atoms with Crippen LogP contribution in [0.3, 0.4) is 0 Å². The molecular weight excluding hydrogens is 196 g/mol. The van der Waals surface area contributed by atoms with Crippen molar-refractivity contribution in [2.75, 3.05) is 0 Å². The maximum absolute atomic E-state index is 5.62. The standard InChI is InChI=1S/C14H30N2/c1-2-3-4-5-10-14(16-15)12-11-13-8-6-7-9-13/h13-14,16H,2-12,15H2,1H3. The molecule has 0 radical (unpaired) electrons. The number of nitrogens with one attached hydrogen (secondary N) is 1. The molecule has 2 nitrogen and oxygen atoms in total. The van der Waals surface area contributed by atoms with Crippen LogP contribution in [0.4, 0.5) is 0 Å². The molecule has 0 aromatic rings. The summed E-state index contributed by atoms with van der Waals surface area (Å²) in [5, 5.41) is 0. The Morgan fingerprint density at radius 2 is 1.88 bits per heavy atom. The first-order valence-corrected chi connectivity index (χ1v) is 7.33. The van der Waals surface area contributed by atoms with Crippen LogP contribution in [-0.2, 0) is 0 Å².